The van der Waals surface area contributed by atoms with Crippen LogP contribution in [0.1, 0.15) is 49.0 Å². The molecule has 0 radical (unpaired) electrons. The maximum absolute atomic E-state index is 12.6. The summed E-state index contributed by atoms with van der Waals surface area (Å²) in [6, 6.07) is 4.82. The lowest BCUT2D eigenvalue weighted by molar-refractivity contribution is -0.385. The fraction of sp³-hybridized carbons (Fsp3) is 0.611. The molecule has 1 amide bonds. The van der Waals surface area contributed by atoms with Crippen molar-refractivity contribution in [3.05, 3.63) is 39.4 Å². The highest BCUT2D eigenvalue weighted by Gasteiger charge is 2.54. The van der Waals surface area contributed by atoms with E-state index in [1.54, 1.807) is 12.1 Å². The van der Waals surface area contributed by atoms with Gasteiger partial charge >= 0.3 is 0 Å². The number of hydrogen-bond acceptors (Lipinski definition) is 3. The summed E-state index contributed by atoms with van der Waals surface area (Å²) >= 11 is 0. The van der Waals surface area contributed by atoms with Crippen molar-refractivity contribution in [3.63, 3.8) is 0 Å². The maximum Gasteiger partial charge on any atom is 0.275 e. The number of hydrogen-bond donors (Lipinski definition) is 0. The van der Waals surface area contributed by atoms with Gasteiger partial charge in [-0.2, -0.15) is 0 Å². The number of carbonyl (C=O) groups excluding carboxylic acids is 1. The van der Waals surface area contributed by atoms with Crippen molar-refractivity contribution >= 4 is 11.6 Å². The fourth-order valence-corrected chi connectivity index (χ4v) is 5.16. The van der Waals surface area contributed by atoms with Crippen LogP contribution in [0.3, 0.4) is 0 Å². The first-order valence-electron chi connectivity index (χ1n) is 8.45. The summed E-state index contributed by atoms with van der Waals surface area (Å²) in [5.41, 5.74) is 1.57. The SMILES string of the molecule is CC1(C)[C@@H]2CC[C@H](CN3Cc4c(cccc4[N+](=O)[O-])C3=O)[C@H]1C2. The third-order valence-corrected chi connectivity index (χ3v) is 6.67. The average molecular weight is 314 g/mol. The topological polar surface area (TPSA) is 63.4 Å². The molecule has 4 aliphatic rings. The average Bonchev–Trinajstić information content (AvgIpc) is 2.83. The first-order valence-corrected chi connectivity index (χ1v) is 8.45. The van der Waals surface area contributed by atoms with Crippen molar-refractivity contribution in [2.45, 2.75) is 39.7 Å². The van der Waals surface area contributed by atoms with Crippen LogP contribution in [0.15, 0.2) is 18.2 Å². The summed E-state index contributed by atoms with van der Waals surface area (Å²) in [4.78, 5) is 25.3. The van der Waals surface area contributed by atoms with E-state index in [1.165, 1.54) is 25.3 Å². The molecule has 1 aromatic rings. The molecule has 1 heterocycles. The van der Waals surface area contributed by atoms with Gasteiger partial charge in [0.1, 0.15) is 0 Å². The number of fused-ring (bicyclic) bond motifs is 3. The van der Waals surface area contributed by atoms with Gasteiger partial charge in [0.25, 0.3) is 11.6 Å². The summed E-state index contributed by atoms with van der Waals surface area (Å²) in [5, 5.41) is 11.2. The number of rotatable bonds is 3. The highest BCUT2D eigenvalue weighted by Crippen LogP contribution is 2.61. The third kappa shape index (κ3) is 2.02. The minimum Gasteiger partial charge on any atom is -0.334 e. The number of nitrogens with zero attached hydrogens (tertiary/aromatic N) is 2. The van der Waals surface area contributed by atoms with Crippen LogP contribution in [0.2, 0.25) is 0 Å². The smallest absolute Gasteiger partial charge is 0.275 e. The first kappa shape index (κ1) is 14.7. The van der Waals surface area contributed by atoms with Crippen LogP contribution in [-0.2, 0) is 6.54 Å². The van der Waals surface area contributed by atoms with Crippen LogP contribution in [0.5, 0.6) is 0 Å². The van der Waals surface area contributed by atoms with Crippen LogP contribution in [0, 0.1) is 33.3 Å². The second kappa shape index (κ2) is 4.79. The van der Waals surface area contributed by atoms with Gasteiger partial charge in [0, 0.05) is 12.6 Å². The monoisotopic (exact) mass is 314 g/mol. The molecule has 122 valence electrons. The molecule has 0 aromatic heterocycles. The molecule has 5 heteroatoms. The molecule has 3 fully saturated rings. The van der Waals surface area contributed by atoms with E-state index in [-0.39, 0.29) is 16.5 Å². The Morgan fingerprint density at radius 1 is 1.35 bits per heavy atom. The summed E-state index contributed by atoms with van der Waals surface area (Å²) in [5.74, 6) is 2.03. The Balaban J connectivity index is 1.55. The first-order chi connectivity index (χ1) is 10.9. The van der Waals surface area contributed by atoms with Gasteiger partial charge in [-0.3, -0.25) is 14.9 Å². The van der Waals surface area contributed by atoms with Crippen LogP contribution in [-0.4, -0.2) is 22.3 Å². The van der Waals surface area contributed by atoms with E-state index in [0.29, 0.717) is 34.9 Å². The Kier molecular flexibility index (Phi) is 3.06. The molecule has 23 heavy (non-hydrogen) atoms. The van der Waals surface area contributed by atoms with Gasteiger partial charge in [0.2, 0.25) is 0 Å². The quantitative estimate of drug-likeness (QED) is 0.632. The summed E-state index contributed by atoms with van der Waals surface area (Å²) in [6.07, 6.45) is 3.72. The lowest BCUT2D eigenvalue weighted by Crippen LogP contribution is -2.54. The molecule has 0 saturated heterocycles. The molecule has 0 spiro atoms. The second-order valence-electron chi connectivity index (χ2n) is 7.94. The summed E-state index contributed by atoms with van der Waals surface area (Å²) in [6.45, 7) is 5.83. The van der Waals surface area contributed by atoms with Crippen molar-refractivity contribution in [1.82, 2.24) is 4.90 Å². The van der Waals surface area contributed by atoms with Crippen molar-refractivity contribution in [2.24, 2.45) is 23.2 Å². The molecule has 1 aromatic carbocycles. The predicted molar refractivity (Wildman–Crippen MR) is 85.9 cm³/mol. The fourth-order valence-electron chi connectivity index (χ4n) is 5.16. The second-order valence-corrected chi connectivity index (χ2v) is 7.94. The van der Waals surface area contributed by atoms with Crippen LogP contribution in [0.25, 0.3) is 0 Å². The van der Waals surface area contributed by atoms with E-state index >= 15 is 0 Å². The van der Waals surface area contributed by atoms with E-state index in [9.17, 15) is 14.9 Å². The molecule has 3 saturated carbocycles. The van der Waals surface area contributed by atoms with Crippen molar-refractivity contribution < 1.29 is 9.72 Å². The van der Waals surface area contributed by atoms with E-state index in [4.69, 9.17) is 0 Å². The normalized spacial score (nSPS) is 30.8. The van der Waals surface area contributed by atoms with E-state index < -0.39 is 0 Å². The third-order valence-electron chi connectivity index (χ3n) is 6.67. The number of benzene rings is 1. The molecule has 1 aliphatic heterocycles. The van der Waals surface area contributed by atoms with Crippen LogP contribution >= 0.6 is 0 Å². The van der Waals surface area contributed by atoms with Crippen molar-refractivity contribution in [3.8, 4) is 0 Å². The highest BCUT2D eigenvalue weighted by atomic mass is 16.6. The van der Waals surface area contributed by atoms with E-state index in [1.807, 2.05) is 4.90 Å². The zero-order valence-corrected chi connectivity index (χ0v) is 13.6. The minimum absolute atomic E-state index is 0.0389. The molecular weight excluding hydrogens is 292 g/mol. The van der Waals surface area contributed by atoms with Crippen molar-refractivity contribution in [1.29, 1.82) is 0 Å². The lowest BCUT2D eigenvalue weighted by atomic mass is 9.45. The van der Waals surface area contributed by atoms with Gasteiger partial charge in [-0.05, 0) is 48.5 Å². The van der Waals surface area contributed by atoms with Crippen LogP contribution in [0.4, 0.5) is 5.69 Å². The molecule has 0 N–H and O–H groups in total. The summed E-state index contributed by atoms with van der Waals surface area (Å²) in [7, 11) is 0. The molecule has 3 aliphatic carbocycles. The minimum atomic E-state index is -0.379. The Morgan fingerprint density at radius 3 is 2.78 bits per heavy atom. The molecule has 5 nitrogen and oxygen atoms in total. The van der Waals surface area contributed by atoms with Gasteiger partial charge in [-0.15, -0.1) is 0 Å². The van der Waals surface area contributed by atoms with Gasteiger partial charge in [0.15, 0.2) is 0 Å². The number of amides is 1. The predicted octanol–water partition coefficient (Wildman–Crippen LogP) is 3.62. The van der Waals surface area contributed by atoms with E-state index in [2.05, 4.69) is 13.8 Å². The zero-order chi connectivity index (χ0) is 16.4. The highest BCUT2D eigenvalue weighted by molar-refractivity contribution is 5.99. The Labute approximate surface area is 135 Å². The zero-order valence-electron chi connectivity index (χ0n) is 13.6. The number of carbonyl (C=O) groups is 1. The molecule has 2 bridgehead atoms. The molecular formula is C18H22N2O3. The largest absolute Gasteiger partial charge is 0.334 e. The van der Waals surface area contributed by atoms with Gasteiger partial charge in [-0.1, -0.05) is 19.9 Å². The van der Waals surface area contributed by atoms with E-state index in [0.717, 1.165) is 12.5 Å². The standard InChI is InChI=1S/C18H22N2O3/c1-18(2)12-7-6-11(15(18)8-12)9-19-10-14-13(17(19)21)4-3-5-16(14)20(22)23/h3-5,11-12,15H,6-10H2,1-2H3/t11-,12-,15-/m1/s1. The van der Waals surface area contributed by atoms with Gasteiger partial charge in [-0.25, -0.2) is 0 Å². The Morgan fingerprint density at radius 2 is 2.13 bits per heavy atom. The molecule has 0 unspecified atom stereocenters. The Bertz CT molecular complexity index is 696. The lowest BCUT2D eigenvalue weighted by Gasteiger charge is -2.60. The molecule has 5 rings (SSSR count). The van der Waals surface area contributed by atoms with Crippen LogP contribution < -0.4 is 0 Å². The summed E-state index contributed by atoms with van der Waals surface area (Å²) < 4.78 is 0. The molecule has 3 atom stereocenters. The van der Waals surface area contributed by atoms with Gasteiger partial charge < -0.3 is 4.90 Å². The maximum atomic E-state index is 12.6. The van der Waals surface area contributed by atoms with Crippen molar-refractivity contribution in [2.75, 3.05) is 6.54 Å². The number of nitro groups is 1. The number of nitro benzene ring substituents is 1. The van der Waals surface area contributed by atoms with Gasteiger partial charge in [0.05, 0.1) is 22.6 Å². The Hall–Kier alpha value is -1.91.